The summed E-state index contributed by atoms with van der Waals surface area (Å²) in [5.41, 5.74) is 1.80. The fourth-order valence-corrected chi connectivity index (χ4v) is 14.2. The molecule has 522 valence electrons. The van der Waals surface area contributed by atoms with E-state index >= 15 is 0 Å². The van der Waals surface area contributed by atoms with Crippen molar-refractivity contribution in [3.63, 3.8) is 0 Å². The number of hydrogen-bond donors (Lipinski definition) is 0. The van der Waals surface area contributed by atoms with Gasteiger partial charge in [-0.2, -0.15) is 0 Å². The Balaban J connectivity index is 0.000000310. The summed E-state index contributed by atoms with van der Waals surface area (Å²) in [6, 6.07) is 41.6. The quantitative estimate of drug-likeness (QED) is 0.0121. The molecule has 0 amide bonds. The number of allylic oxidation sites excluding steroid dienone is 6. The molecule has 96 heavy (non-hydrogen) atoms. The maximum Gasteiger partial charge on any atom is 0.350 e. The fourth-order valence-electron chi connectivity index (χ4n) is 10.2. The molecule has 0 spiro atoms. The second-order valence-corrected chi connectivity index (χ2v) is 29.8. The van der Waals surface area contributed by atoms with Gasteiger partial charge >= 0.3 is 17.9 Å². The van der Waals surface area contributed by atoms with E-state index in [4.69, 9.17) is 25.8 Å². The molecular formula is C77H102ClN3O12S3. The summed E-state index contributed by atoms with van der Waals surface area (Å²) in [5, 5.41) is 0.427. The summed E-state index contributed by atoms with van der Waals surface area (Å²) < 4.78 is 95.4. The summed E-state index contributed by atoms with van der Waals surface area (Å²) in [7, 11) is -12.1. The number of nitrogens with zero attached hydrogens (tertiary/aromatic N) is 3. The third kappa shape index (κ3) is 27.9. The summed E-state index contributed by atoms with van der Waals surface area (Å²) >= 11 is 5.87. The molecule has 0 radical (unpaired) electrons. The second-order valence-electron chi connectivity index (χ2n) is 23.6. The lowest BCUT2D eigenvalue weighted by atomic mass is 9.98. The lowest BCUT2D eigenvalue weighted by Gasteiger charge is -2.29. The summed E-state index contributed by atoms with van der Waals surface area (Å²) in [5.74, 6) is -2.44. The molecule has 0 N–H and O–H groups in total. The number of hydrogen-bond acceptors (Lipinski definition) is 15. The van der Waals surface area contributed by atoms with Crippen molar-refractivity contribution in [1.29, 1.82) is 0 Å². The number of benzene rings is 5. The van der Waals surface area contributed by atoms with Gasteiger partial charge in [0.15, 0.2) is 14.7 Å². The summed E-state index contributed by atoms with van der Waals surface area (Å²) in [6.45, 7) is 18.6. The van der Waals surface area contributed by atoms with Crippen LogP contribution in [0.4, 0.5) is 11.4 Å². The number of para-hydroxylation sites is 2. The van der Waals surface area contributed by atoms with Crippen LogP contribution < -0.4 is 4.90 Å². The van der Waals surface area contributed by atoms with Crippen molar-refractivity contribution in [3.8, 4) is 0 Å². The number of esters is 3. The van der Waals surface area contributed by atoms with E-state index in [9.17, 15) is 39.6 Å². The van der Waals surface area contributed by atoms with Crippen molar-refractivity contribution in [2.24, 2.45) is 0 Å². The highest BCUT2D eigenvalue weighted by Gasteiger charge is 2.32. The first kappa shape index (κ1) is 80.9. The van der Waals surface area contributed by atoms with Gasteiger partial charge in [0.25, 0.3) is 0 Å². The zero-order valence-corrected chi connectivity index (χ0v) is 60.7. The predicted molar refractivity (Wildman–Crippen MR) is 389 cm³/mol. The topological polar surface area (TPSA) is 191 Å². The van der Waals surface area contributed by atoms with Crippen LogP contribution in [0.25, 0.3) is 0 Å². The van der Waals surface area contributed by atoms with Crippen LogP contribution in [-0.2, 0) is 58.1 Å². The molecule has 15 nitrogen and oxygen atoms in total. The minimum Gasteiger partial charge on any atom is -0.462 e. The normalized spacial score (nSPS) is 13.5. The van der Waals surface area contributed by atoms with Crippen molar-refractivity contribution in [3.05, 3.63) is 220 Å². The Morgan fingerprint density at radius 3 is 1.20 bits per heavy atom. The van der Waals surface area contributed by atoms with Crippen LogP contribution in [0.3, 0.4) is 0 Å². The highest BCUT2D eigenvalue weighted by atomic mass is 35.5. The first-order valence-corrected chi connectivity index (χ1v) is 38.7. The number of carbonyl (C=O) groups is 3. The van der Waals surface area contributed by atoms with Gasteiger partial charge in [0.2, 0.25) is 29.5 Å². The van der Waals surface area contributed by atoms with Gasteiger partial charge in [-0.05, 0) is 202 Å². The molecule has 0 bridgehead atoms. The standard InChI is InChI=1S/C31H35NO4S.C25H39NO4S.C21H28ClNO4S/c1-2-3-4-5-6-16-26-36-31(33)30(37(34,35)29-22-14-9-15-23-29)24-17-25-32(27-18-10-7-11-19-27)28-20-12-8-13-21-28;1-6-7-8-9-10-14-20-30-25(27)24(18-15-19-26(21(2)3)22(4)5)31(28,29)23-16-12-11-13-17-23;1-3-23(4-2)16-8-11-20(21(24)27-18-9-6-5-7-10-18)28(25,26)19-14-12-17(22)13-15-19/h7-15,17-25H,2-6,16,26H2,1H3;11-13,15-19,21-22H,6-10,14,20H2,1-5H3;8,11-16,18H,3-7,9-10H2,1-2H3/b25-17+,30-24-;19-15+,24-18-;16-8+,20-11-. The van der Waals surface area contributed by atoms with Crippen LogP contribution in [0, 0.1) is 0 Å². The minimum absolute atomic E-state index is 0.0139. The molecule has 19 heteroatoms. The Morgan fingerprint density at radius 2 is 0.802 bits per heavy atom. The number of halogens is 1. The van der Waals surface area contributed by atoms with Crippen molar-refractivity contribution >= 4 is 70.4 Å². The van der Waals surface area contributed by atoms with Gasteiger partial charge in [0.05, 0.1) is 27.9 Å². The molecule has 0 aromatic heterocycles. The largest absolute Gasteiger partial charge is 0.462 e. The third-order valence-electron chi connectivity index (χ3n) is 15.6. The molecule has 5 aromatic carbocycles. The number of anilines is 2. The number of rotatable bonds is 36. The van der Waals surface area contributed by atoms with Crippen LogP contribution in [0.5, 0.6) is 0 Å². The molecule has 1 aliphatic carbocycles. The van der Waals surface area contributed by atoms with E-state index < -0.39 is 47.4 Å². The Morgan fingerprint density at radius 1 is 0.448 bits per heavy atom. The molecule has 0 saturated heterocycles. The lowest BCUT2D eigenvalue weighted by Crippen LogP contribution is -2.31. The Bertz CT molecular complexity index is 3580. The van der Waals surface area contributed by atoms with Gasteiger partial charge in [-0.1, -0.05) is 169 Å². The van der Waals surface area contributed by atoms with Crippen LogP contribution in [0.2, 0.25) is 5.02 Å². The van der Waals surface area contributed by atoms with Gasteiger partial charge in [0, 0.05) is 47.8 Å². The number of carbonyl (C=O) groups excluding carboxylic acids is 3. The summed E-state index contributed by atoms with van der Waals surface area (Å²) in [4.78, 5) is 43.6. The molecule has 0 heterocycles. The zero-order valence-electron chi connectivity index (χ0n) is 57.5. The maximum absolute atomic E-state index is 13.4. The number of sulfone groups is 3. The van der Waals surface area contributed by atoms with E-state index in [1.165, 1.54) is 98.9 Å². The van der Waals surface area contributed by atoms with Gasteiger partial charge in [-0.15, -0.1) is 0 Å². The maximum atomic E-state index is 13.4. The molecule has 1 saturated carbocycles. The van der Waals surface area contributed by atoms with Crippen molar-refractivity contribution in [1.82, 2.24) is 9.80 Å². The van der Waals surface area contributed by atoms with E-state index in [-0.39, 0.29) is 60.8 Å². The van der Waals surface area contributed by atoms with Crippen LogP contribution in [-0.4, -0.2) is 97.5 Å². The average molecular weight is 1390 g/mol. The lowest BCUT2D eigenvalue weighted by molar-refractivity contribution is -0.145. The van der Waals surface area contributed by atoms with Crippen molar-refractivity contribution < 1.29 is 53.8 Å². The smallest absolute Gasteiger partial charge is 0.350 e. The van der Waals surface area contributed by atoms with E-state index in [1.807, 2.05) is 90.5 Å². The molecule has 0 atom stereocenters. The van der Waals surface area contributed by atoms with Gasteiger partial charge in [-0.25, -0.2) is 39.6 Å². The minimum atomic E-state index is -4.07. The molecule has 1 fully saturated rings. The molecule has 1 aliphatic rings. The van der Waals surface area contributed by atoms with E-state index in [0.717, 1.165) is 95.1 Å². The first-order valence-electron chi connectivity index (χ1n) is 33.9. The second kappa shape index (κ2) is 44.3. The monoisotopic (exact) mass is 1390 g/mol. The Kier molecular flexibility index (Phi) is 37.4. The number of unbranched alkanes of at least 4 members (excludes halogenated alkanes) is 10. The van der Waals surface area contributed by atoms with E-state index in [2.05, 4.69) is 46.4 Å². The highest BCUT2D eigenvalue weighted by Crippen LogP contribution is 2.29. The van der Waals surface area contributed by atoms with E-state index in [0.29, 0.717) is 11.4 Å². The first-order chi connectivity index (χ1) is 46.1. The van der Waals surface area contributed by atoms with Gasteiger partial charge < -0.3 is 28.9 Å². The van der Waals surface area contributed by atoms with Gasteiger partial charge in [-0.3, -0.25) is 0 Å². The Hall–Kier alpha value is -7.51. The SMILES string of the molecule is CCCCCCCCOC(=O)/C(=C/C=C/N(C(C)C)C(C)C)S(=O)(=O)c1ccccc1.CCCCCCCCOC(=O)/C(=C/C=C/N(c1ccccc1)c1ccccc1)S(=O)(=O)c1ccccc1.CCN(/C=C/C=C(/C(=O)OC1CCCCC1)S(=O)(=O)c1ccc(Cl)cc1)CC. The van der Waals surface area contributed by atoms with Crippen LogP contribution >= 0.6 is 11.6 Å². The predicted octanol–water partition coefficient (Wildman–Crippen LogP) is 18.2. The molecular weight excluding hydrogens is 1290 g/mol. The fraction of sp³-hybridized carbons (Fsp3) is 0.416. The number of ether oxygens (including phenoxy) is 3. The molecule has 5 aromatic rings. The average Bonchev–Trinajstić information content (AvgIpc) is 0.834. The van der Waals surface area contributed by atoms with Crippen LogP contribution in [0.15, 0.2) is 230 Å². The highest BCUT2D eigenvalue weighted by molar-refractivity contribution is 7.97. The van der Waals surface area contributed by atoms with Crippen LogP contribution in [0.1, 0.15) is 165 Å². The summed E-state index contributed by atoms with van der Waals surface area (Å²) in [6.07, 6.45) is 31.1. The molecule has 0 aliphatic heterocycles. The van der Waals surface area contributed by atoms with Crippen molar-refractivity contribution in [2.45, 2.75) is 197 Å². The zero-order chi connectivity index (χ0) is 70.2. The third-order valence-corrected chi connectivity index (χ3v) is 21.2. The van der Waals surface area contributed by atoms with Gasteiger partial charge in [0.1, 0.15) is 6.10 Å². The van der Waals surface area contributed by atoms with Crippen molar-refractivity contribution in [2.75, 3.05) is 31.2 Å². The molecule has 6 rings (SSSR count). The van der Waals surface area contributed by atoms with E-state index in [1.54, 1.807) is 67.0 Å². The Labute approximate surface area is 579 Å². The molecule has 0 unspecified atom stereocenters.